The molecule has 0 aliphatic rings. The van der Waals surface area contributed by atoms with E-state index < -0.39 is 18.1 Å². The molecule has 0 aliphatic heterocycles. The quantitative estimate of drug-likeness (QED) is 0.0548. The lowest BCUT2D eigenvalue weighted by Crippen LogP contribution is -2.32. The van der Waals surface area contributed by atoms with Gasteiger partial charge in [-0.3, -0.25) is 24.0 Å². The van der Waals surface area contributed by atoms with Gasteiger partial charge in [0, 0.05) is 56.0 Å². The molecule has 4 aromatic carbocycles. The number of ketones is 1. The molecule has 2 unspecified atom stereocenters. The second-order valence-electron chi connectivity index (χ2n) is 22.6. The number of carboxylic acid groups (broad SMARTS) is 1. The van der Waals surface area contributed by atoms with E-state index in [0.29, 0.717) is 12.8 Å². The van der Waals surface area contributed by atoms with Crippen LogP contribution in [0.15, 0.2) is 131 Å². The van der Waals surface area contributed by atoms with Crippen LogP contribution in [0.4, 0.5) is 0 Å². The Morgan fingerprint density at radius 2 is 0.939 bits per heavy atom. The van der Waals surface area contributed by atoms with Gasteiger partial charge in [0.15, 0.2) is 5.78 Å². The summed E-state index contributed by atoms with van der Waals surface area (Å²) in [4.78, 5) is 78.3. The van der Waals surface area contributed by atoms with E-state index in [9.17, 15) is 33.9 Å². The summed E-state index contributed by atoms with van der Waals surface area (Å²) in [5.41, 5.74) is 18.9. The predicted octanol–water partition coefficient (Wildman–Crippen LogP) is 11.9. The molecule has 0 fully saturated rings. The molecule has 0 amide bonds. The summed E-state index contributed by atoms with van der Waals surface area (Å²) in [6.45, 7) is 18.1. The van der Waals surface area contributed by atoms with Crippen LogP contribution in [-0.2, 0) is 41.5 Å². The highest BCUT2D eigenvalue weighted by atomic mass is 16.5. The minimum atomic E-state index is -0.953. The molecule has 0 saturated heterocycles. The molecule has 0 saturated carbocycles. The van der Waals surface area contributed by atoms with Crippen molar-refractivity contribution in [2.24, 2.45) is 17.6 Å². The van der Waals surface area contributed by atoms with Crippen LogP contribution in [0, 0.1) is 39.5 Å². The Balaban J connectivity index is 0.000000353. The summed E-state index contributed by atoms with van der Waals surface area (Å²) in [6.07, 6.45) is 6.51. The number of hydrogen-bond donors (Lipinski definition) is 2. The summed E-state index contributed by atoms with van der Waals surface area (Å²) in [7, 11) is 10.7. The number of carbonyl (C=O) groups excluding carboxylic acids is 3. The maximum atomic E-state index is 14.0. The van der Waals surface area contributed by atoms with Crippen molar-refractivity contribution in [3.8, 4) is 22.3 Å². The van der Waals surface area contributed by atoms with E-state index in [0.717, 1.165) is 64.9 Å². The smallest absolute Gasteiger partial charge is 0.326 e. The topological polar surface area (TPSA) is 183 Å². The molecule has 0 aliphatic carbocycles. The second-order valence-corrected chi connectivity index (χ2v) is 22.6. The monoisotopic (exact) mass is 1120 g/mol. The first-order valence-electron chi connectivity index (χ1n) is 28.0. The molecule has 6 rings (SSSR count). The number of nitrogens with two attached hydrogens (primary N) is 1. The van der Waals surface area contributed by atoms with Crippen molar-refractivity contribution in [2.75, 3.05) is 55.5 Å². The number of carboxylic acids is 1. The summed E-state index contributed by atoms with van der Waals surface area (Å²) in [6, 6.07) is 33.6. The van der Waals surface area contributed by atoms with E-state index in [2.05, 4.69) is 111 Å². The predicted molar refractivity (Wildman–Crippen MR) is 333 cm³/mol. The van der Waals surface area contributed by atoms with E-state index in [1.165, 1.54) is 52.7 Å². The Kier molecular flexibility index (Phi) is 28.3. The number of esters is 2. The van der Waals surface area contributed by atoms with Gasteiger partial charge in [-0.2, -0.15) is 0 Å². The number of aliphatic carboxylic acids is 1. The van der Waals surface area contributed by atoms with Gasteiger partial charge in [-0.25, -0.2) is 4.79 Å². The molecule has 0 spiro atoms. The van der Waals surface area contributed by atoms with Crippen LogP contribution in [0.5, 0.6) is 0 Å². The molecule has 6 aromatic rings. The minimum absolute atomic E-state index is 0. The number of likely N-dealkylation sites (N-methyl/N-ethyl adjacent to an activating group) is 2. The highest BCUT2D eigenvalue weighted by Crippen LogP contribution is 2.34. The van der Waals surface area contributed by atoms with E-state index in [4.69, 9.17) is 10.5 Å². The minimum Gasteiger partial charge on any atom is -0.480 e. The number of aryl methyl sites for hydroxylation is 4. The zero-order chi connectivity index (χ0) is 60.1. The van der Waals surface area contributed by atoms with Crippen molar-refractivity contribution < 1.29 is 33.8 Å². The number of methoxy groups -OCH3 is 2. The van der Waals surface area contributed by atoms with E-state index in [1.807, 2.05) is 84.6 Å². The van der Waals surface area contributed by atoms with Gasteiger partial charge in [0.2, 0.25) is 0 Å². The zero-order valence-corrected chi connectivity index (χ0v) is 50.5. The summed E-state index contributed by atoms with van der Waals surface area (Å²) < 4.78 is 12.7. The molecule has 2 heterocycles. The molecular formula is C68H93N5O9. The first kappa shape index (κ1) is 69.0. The highest BCUT2D eigenvalue weighted by Gasteiger charge is 2.29. The van der Waals surface area contributed by atoms with Crippen molar-refractivity contribution in [2.45, 2.75) is 132 Å². The van der Waals surface area contributed by atoms with Crippen LogP contribution in [-0.4, -0.2) is 103 Å². The van der Waals surface area contributed by atoms with Gasteiger partial charge in [0.05, 0.1) is 33.1 Å². The van der Waals surface area contributed by atoms with Crippen molar-refractivity contribution >= 4 is 23.7 Å². The molecule has 0 radical (unpaired) electrons. The van der Waals surface area contributed by atoms with E-state index in [1.54, 1.807) is 22.9 Å². The SMILES string of the molecule is C.CC(C)CC(C(=O)O)n1cc(CCN(C)C)ccc1=O.COC(=O)C[C@H](CC(=O)C(CC(C)C)n1cc(CCN(C)C)ccc1=O)c1cccc(-c2c(C)cccc2C)c1.COC(=O)C[C@H](N)c1cccc(-c2c(C)cccc2C)c1. The Hall–Kier alpha value is -7.26. The lowest BCUT2D eigenvalue weighted by Gasteiger charge is -2.24. The maximum absolute atomic E-state index is 14.0. The second kappa shape index (κ2) is 33.6. The third-order valence-electron chi connectivity index (χ3n) is 14.3. The number of pyridine rings is 2. The van der Waals surface area contributed by atoms with Gasteiger partial charge in [-0.15, -0.1) is 0 Å². The van der Waals surface area contributed by atoms with E-state index in [-0.39, 0.29) is 79.3 Å². The van der Waals surface area contributed by atoms with Crippen LogP contribution < -0.4 is 16.9 Å². The van der Waals surface area contributed by atoms with Gasteiger partial charge >= 0.3 is 17.9 Å². The van der Waals surface area contributed by atoms with Gasteiger partial charge in [0.25, 0.3) is 11.1 Å². The Bertz CT molecular complexity index is 3110. The third-order valence-corrected chi connectivity index (χ3v) is 14.3. The van der Waals surface area contributed by atoms with Crippen LogP contribution in [0.1, 0.15) is 136 Å². The number of Topliss-reactive ketones (excluding diaryl/α,β-unsaturated/α-hetero) is 1. The van der Waals surface area contributed by atoms with Gasteiger partial charge in [-0.1, -0.05) is 126 Å². The molecule has 3 N–H and O–H groups in total. The summed E-state index contributed by atoms with van der Waals surface area (Å²) >= 11 is 0. The standard InChI is InChI=1S/C34H44N2O4.C18H21NO2.C15H24N2O3.CH4/c1-23(2)18-30(36-22-26(14-15-32(36)38)16-17-35(5)6)31(37)20-29(21-33(39)40-7)27-12-9-13-28(19-27)34-24(3)10-8-11-25(34)4;1-12-6-4-7-13(2)18(12)15-9-5-8-14(10-15)16(19)11-17(20)21-3;1-11(2)9-13(15(19)20)17-10-12(5-6-14(17)18)7-8-16(3)4;/h8-15,19,22-23,29-30H,16-18,20-21H2,1-7H3;4-10,16H,11,19H2,1-3H3;5-6,10-11,13H,7-9H2,1-4H3,(H,19,20);1H4/t29-,30?;16-;;/m00../s1. The molecule has 4 atom stereocenters. The van der Waals surface area contributed by atoms with Crippen LogP contribution in [0.2, 0.25) is 0 Å². The molecule has 82 heavy (non-hydrogen) atoms. The number of ether oxygens (including phenoxy) is 2. The Morgan fingerprint density at radius 3 is 1.35 bits per heavy atom. The number of benzene rings is 4. The number of aromatic nitrogens is 2. The number of carbonyl (C=O) groups is 4. The first-order chi connectivity index (χ1) is 38.3. The molecule has 14 nitrogen and oxygen atoms in total. The van der Waals surface area contributed by atoms with Crippen molar-refractivity contribution in [3.63, 3.8) is 0 Å². The van der Waals surface area contributed by atoms with E-state index >= 15 is 0 Å². The van der Waals surface area contributed by atoms with Crippen molar-refractivity contribution in [1.82, 2.24) is 18.9 Å². The average Bonchev–Trinajstić information content (AvgIpc) is 3.42. The number of hydrogen-bond acceptors (Lipinski definition) is 11. The van der Waals surface area contributed by atoms with Gasteiger partial charge in [0.1, 0.15) is 6.04 Å². The fourth-order valence-corrected chi connectivity index (χ4v) is 9.98. The average molecular weight is 1120 g/mol. The lowest BCUT2D eigenvalue weighted by molar-refractivity contribution is -0.142. The van der Waals surface area contributed by atoms with Crippen molar-refractivity contribution in [1.29, 1.82) is 0 Å². The van der Waals surface area contributed by atoms with Crippen LogP contribution in [0.25, 0.3) is 22.3 Å². The molecular weight excluding hydrogens is 1030 g/mol. The molecule has 444 valence electrons. The van der Waals surface area contributed by atoms with Crippen LogP contribution >= 0.6 is 0 Å². The van der Waals surface area contributed by atoms with Gasteiger partial charge < -0.3 is 39.2 Å². The Morgan fingerprint density at radius 1 is 0.549 bits per heavy atom. The van der Waals surface area contributed by atoms with Gasteiger partial charge in [-0.05, 0) is 166 Å². The highest BCUT2D eigenvalue weighted by molar-refractivity contribution is 5.84. The number of rotatable bonds is 24. The largest absolute Gasteiger partial charge is 0.480 e. The Labute approximate surface area is 488 Å². The summed E-state index contributed by atoms with van der Waals surface area (Å²) in [5.74, 6) is -1.60. The zero-order valence-electron chi connectivity index (χ0n) is 50.5. The summed E-state index contributed by atoms with van der Waals surface area (Å²) in [5, 5.41) is 9.34. The fraction of sp³-hybridized carbons (Fsp3) is 0.441. The molecule has 2 aromatic heterocycles. The normalized spacial score (nSPS) is 12.5. The van der Waals surface area contributed by atoms with Crippen LogP contribution in [0.3, 0.4) is 0 Å². The number of nitrogens with zero attached hydrogens (tertiary/aromatic N) is 4. The fourth-order valence-electron chi connectivity index (χ4n) is 9.98. The first-order valence-corrected chi connectivity index (χ1v) is 28.0. The maximum Gasteiger partial charge on any atom is 0.326 e. The molecule has 14 heteroatoms. The third kappa shape index (κ3) is 21.2. The lowest BCUT2D eigenvalue weighted by atomic mass is 9.85. The van der Waals surface area contributed by atoms with Crippen molar-refractivity contribution in [3.05, 3.63) is 187 Å². The molecule has 0 bridgehead atoms.